The Morgan fingerprint density at radius 1 is 0.962 bits per heavy atom. The third-order valence-corrected chi connectivity index (χ3v) is 10.6. The molecule has 10 nitrogen and oxygen atoms in total. The molecule has 0 aliphatic carbocycles. The number of likely N-dealkylation sites (tertiary alicyclic amines) is 1. The Kier molecular flexibility index (Phi) is 11.3. The minimum atomic E-state index is -1.41. The molecule has 6 rings (SSSR count). The number of methoxy groups -OCH3 is 1. The minimum Gasteiger partial charge on any atom is -0.497 e. The van der Waals surface area contributed by atoms with Crippen LogP contribution in [-0.2, 0) is 41.7 Å². The fourth-order valence-electron chi connectivity index (χ4n) is 7.80. The van der Waals surface area contributed by atoms with Crippen LogP contribution in [0.15, 0.2) is 122 Å². The van der Waals surface area contributed by atoms with E-state index in [1.54, 1.807) is 65.3 Å². The third-order valence-electron chi connectivity index (χ3n) is 10.6. The van der Waals surface area contributed by atoms with Crippen LogP contribution in [0.25, 0.3) is 0 Å². The molecule has 7 atom stereocenters. The molecule has 0 aromatic heterocycles. The highest BCUT2D eigenvalue weighted by atomic mass is 16.6. The van der Waals surface area contributed by atoms with E-state index in [2.05, 4.69) is 13.2 Å². The molecule has 2 fully saturated rings. The molecular formula is C43H47N3O7. The summed E-state index contributed by atoms with van der Waals surface area (Å²) in [6.07, 6.45) is 6.09. The van der Waals surface area contributed by atoms with E-state index in [0.717, 1.165) is 11.1 Å². The summed E-state index contributed by atoms with van der Waals surface area (Å²) < 4.78 is 18.3. The number of ether oxygens (including phenoxy) is 3. The predicted octanol–water partition coefficient (Wildman–Crippen LogP) is 5.66. The van der Waals surface area contributed by atoms with E-state index in [-0.39, 0.29) is 37.2 Å². The van der Waals surface area contributed by atoms with Crippen LogP contribution in [-0.4, -0.2) is 82.9 Å². The van der Waals surface area contributed by atoms with Crippen molar-refractivity contribution < 1.29 is 33.4 Å². The van der Waals surface area contributed by atoms with Crippen LogP contribution >= 0.6 is 0 Å². The van der Waals surface area contributed by atoms with E-state index in [0.29, 0.717) is 24.3 Å². The van der Waals surface area contributed by atoms with Crippen molar-refractivity contribution in [2.45, 2.75) is 62.7 Å². The minimum absolute atomic E-state index is 0.107. The Morgan fingerprint density at radius 3 is 2.28 bits per heavy atom. The molecule has 276 valence electrons. The molecule has 3 aromatic rings. The standard InChI is InChI=1S/C43H47N3O7/c1-6-8-19-35(47)44(4)29(3)38(32-17-13-10-14-18-32)52-42(50)36-34-24-25-43(53-34)37(36)40(48)46(28-31-20-22-33(51-5)23-21-31)39(43)41(49)45(26-7-2)27-30-15-11-9-12-16-30/h6-7,9-18,20-25,29,34,36-39H,1-2,8,19,26-28H2,3-5H3/t29-,34-,36-,37-,38+,39+,43-/m0/s1. The van der Waals surface area contributed by atoms with E-state index >= 15 is 0 Å². The number of esters is 1. The summed E-state index contributed by atoms with van der Waals surface area (Å²) in [6, 6.07) is 24.6. The number of likely N-dealkylation sites (N-methyl/N-ethyl adjacent to an activating group) is 1. The van der Waals surface area contributed by atoms with Crippen molar-refractivity contribution in [2.24, 2.45) is 11.8 Å². The first-order chi connectivity index (χ1) is 25.6. The van der Waals surface area contributed by atoms with Gasteiger partial charge in [-0.25, -0.2) is 0 Å². The third kappa shape index (κ3) is 7.28. The largest absolute Gasteiger partial charge is 0.497 e. The van der Waals surface area contributed by atoms with Crippen LogP contribution in [0.5, 0.6) is 5.75 Å². The maximum absolute atomic E-state index is 14.8. The Morgan fingerprint density at radius 2 is 1.64 bits per heavy atom. The van der Waals surface area contributed by atoms with E-state index in [1.165, 1.54) is 0 Å². The molecule has 0 radical (unpaired) electrons. The molecule has 2 bridgehead atoms. The number of nitrogens with zero attached hydrogens (tertiary/aromatic N) is 3. The lowest BCUT2D eigenvalue weighted by Crippen LogP contribution is -2.55. The van der Waals surface area contributed by atoms with Gasteiger partial charge in [0.2, 0.25) is 17.7 Å². The second-order valence-corrected chi connectivity index (χ2v) is 13.8. The molecule has 0 N–H and O–H groups in total. The summed E-state index contributed by atoms with van der Waals surface area (Å²) in [5.74, 6) is -2.80. The Balaban J connectivity index is 1.35. The number of benzene rings is 3. The fourth-order valence-corrected chi connectivity index (χ4v) is 7.80. The predicted molar refractivity (Wildman–Crippen MR) is 200 cm³/mol. The van der Waals surface area contributed by atoms with Crippen molar-refractivity contribution in [3.63, 3.8) is 0 Å². The second-order valence-electron chi connectivity index (χ2n) is 13.8. The monoisotopic (exact) mass is 717 g/mol. The lowest BCUT2D eigenvalue weighted by atomic mass is 9.74. The smallest absolute Gasteiger partial charge is 0.313 e. The van der Waals surface area contributed by atoms with Gasteiger partial charge in [-0.15, -0.1) is 13.2 Å². The highest BCUT2D eigenvalue weighted by Crippen LogP contribution is 2.56. The maximum atomic E-state index is 14.8. The molecule has 3 heterocycles. The van der Waals surface area contributed by atoms with Gasteiger partial charge in [0.25, 0.3) is 0 Å². The van der Waals surface area contributed by atoms with Gasteiger partial charge < -0.3 is 28.9 Å². The van der Waals surface area contributed by atoms with Crippen molar-refractivity contribution in [3.05, 3.63) is 139 Å². The average molecular weight is 718 g/mol. The molecule has 3 amide bonds. The molecule has 53 heavy (non-hydrogen) atoms. The van der Waals surface area contributed by atoms with Crippen molar-refractivity contribution in [1.82, 2.24) is 14.7 Å². The molecular weight excluding hydrogens is 670 g/mol. The zero-order chi connectivity index (χ0) is 37.7. The molecule has 3 aliphatic rings. The van der Waals surface area contributed by atoms with Crippen LogP contribution in [0, 0.1) is 11.8 Å². The molecule has 3 aromatic carbocycles. The van der Waals surface area contributed by atoms with Gasteiger partial charge >= 0.3 is 5.97 Å². The lowest BCUT2D eigenvalue weighted by molar-refractivity contribution is -0.164. The van der Waals surface area contributed by atoms with Crippen LogP contribution in [0.1, 0.15) is 42.6 Å². The second kappa shape index (κ2) is 16.0. The maximum Gasteiger partial charge on any atom is 0.313 e. The van der Waals surface area contributed by atoms with E-state index in [1.807, 2.05) is 79.7 Å². The molecule has 0 unspecified atom stereocenters. The number of rotatable bonds is 16. The number of amides is 3. The number of fused-ring (bicyclic) bond motifs is 1. The van der Waals surface area contributed by atoms with Gasteiger partial charge in [-0.05, 0) is 42.2 Å². The van der Waals surface area contributed by atoms with Gasteiger partial charge in [0.05, 0.1) is 25.2 Å². The Hall–Kier alpha value is -5.48. The van der Waals surface area contributed by atoms with Crippen molar-refractivity contribution in [2.75, 3.05) is 20.7 Å². The van der Waals surface area contributed by atoms with E-state index in [4.69, 9.17) is 14.2 Å². The summed E-state index contributed by atoms with van der Waals surface area (Å²) in [7, 11) is 3.27. The molecule has 10 heteroatoms. The SMILES string of the molecule is C=CCCC(=O)N(C)[C@@H](C)[C@@H](OC(=O)[C@H]1[C@@H]2C=C[C@]3(O2)[C@@H]1C(=O)N(Cc1ccc(OC)cc1)[C@@H]3C(=O)N(CC=C)Cc1ccccc1)c1ccccc1. The van der Waals surface area contributed by atoms with E-state index in [9.17, 15) is 19.2 Å². The van der Waals surface area contributed by atoms with Crippen molar-refractivity contribution >= 4 is 23.7 Å². The van der Waals surface area contributed by atoms with Gasteiger partial charge in [0.1, 0.15) is 29.4 Å². The van der Waals surface area contributed by atoms with Crippen LogP contribution in [0.3, 0.4) is 0 Å². The summed E-state index contributed by atoms with van der Waals surface area (Å²) >= 11 is 0. The average Bonchev–Trinajstić information content (AvgIpc) is 3.83. The van der Waals surface area contributed by atoms with Crippen molar-refractivity contribution in [1.29, 1.82) is 0 Å². The fraction of sp³-hybridized carbons (Fsp3) is 0.349. The van der Waals surface area contributed by atoms with Crippen LogP contribution in [0.4, 0.5) is 0 Å². The molecule has 0 saturated carbocycles. The van der Waals surface area contributed by atoms with Crippen molar-refractivity contribution in [3.8, 4) is 5.75 Å². The zero-order valence-corrected chi connectivity index (χ0v) is 30.5. The molecule has 3 aliphatic heterocycles. The molecule has 1 spiro atoms. The van der Waals surface area contributed by atoms with Gasteiger partial charge in [0, 0.05) is 33.1 Å². The van der Waals surface area contributed by atoms with Gasteiger partial charge in [-0.2, -0.15) is 0 Å². The van der Waals surface area contributed by atoms with Gasteiger partial charge in [-0.3, -0.25) is 19.2 Å². The lowest BCUT2D eigenvalue weighted by Gasteiger charge is -2.36. The van der Waals surface area contributed by atoms with Crippen LogP contribution in [0.2, 0.25) is 0 Å². The quantitative estimate of drug-likeness (QED) is 0.139. The van der Waals surface area contributed by atoms with Gasteiger partial charge in [0.15, 0.2) is 0 Å². The number of allylic oxidation sites excluding steroid dienone is 1. The Bertz CT molecular complexity index is 1850. The van der Waals surface area contributed by atoms with Crippen LogP contribution < -0.4 is 4.74 Å². The number of carbonyl (C=O) groups is 4. The first-order valence-electron chi connectivity index (χ1n) is 18.0. The van der Waals surface area contributed by atoms with E-state index < -0.39 is 47.7 Å². The first kappa shape index (κ1) is 37.3. The number of hydrogen-bond acceptors (Lipinski definition) is 7. The zero-order valence-electron chi connectivity index (χ0n) is 30.5. The topological polar surface area (TPSA) is 106 Å². The summed E-state index contributed by atoms with van der Waals surface area (Å²) in [5, 5.41) is 0. The summed E-state index contributed by atoms with van der Waals surface area (Å²) in [4.78, 5) is 62.0. The number of hydrogen-bond donors (Lipinski definition) is 0. The summed E-state index contributed by atoms with van der Waals surface area (Å²) in [6.45, 7) is 10.1. The Labute approximate surface area is 311 Å². The van der Waals surface area contributed by atoms with Gasteiger partial charge in [-0.1, -0.05) is 97.1 Å². The highest BCUT2D eigenvalue weighted by molar-refractivity contribution is 5.99. The normalized spacial score (nSPS) is 23.5. The molecule has 2 saturated heterocycles. The highest BCUT2D eigenvalue weighted by Gasteiger charge is 2.73. The number of carbonyl (C=O) groups excluding carboxylic acids is 4. The first-order valence-corrected chi connectivity index (χ1v) is 18.0. The summed E-state index contributed by atoms with van der Waals surface area (Å²) in [5.41, 5.74) is 1.01.